The molecule has 1 aromatic rings. The van der Waals surface area contributed by atoms with Crippen LogP contribution in [-0.2, 0) is 14.6 Å². The SMILES string of the molecule is CC(C)N1CCN(C(=O)[C@H]2CC[C@H](Nc3ccc(S(=O)(=O)C(F)(F)F)cc3)CC2)CC1. The van der Waals surface area contributed by atoms with Gasteiger partial charge in [0.2, 0.25) is 5.91 Å². The fraction of sp³-hybridized carbons (Fsp3) is 0.667. The van der Waals surface area contributed by atoms with Crippen LogP contribution in [0.1, 0.15) is 39.5 Å². The Morgan fingerprint density at radius 3 is 2.03 bits per heavy atom. The molecule has 31 heavy (non-hydrogen) atoms. The number of benzene rings is 1. The maximum atomic E-state index is 12.8. The maximum absolute atomic E-state index is 12.8. The molecule has 0 bridgehead atoms. The van der Waals surface area contributed by atoms with E-state index in [1.54, 1.807) is 0 Å². The molecule has 1 amide bonds. The van der Waals surface area contributed by atoms with Gasteiger partial charge in [-0.1, -0.05) is 0 Å². The molecule has 174 valence electrons. The van der Waals surface area contributed by atoms with Crippen molar-refractivity contribution in [1.29, 1.82) is 0 Å². The molecule has 1 saturated carbocycles. The summed E-state index contributed by atoms with van der Waals surface area (Å²) >= 11 is 0. The zero-order valence-electron chi connectivity index (χ0n) is 17.9. The summed E-state index contributed by atoms with van der Waals surface area (Å²) in [5, 5.41) is 3.25. The summed E-state index contributed by atoms with van der Waals surface area (Å²) in [4.78, 5) is 16.4. The minimum Gasteiger partial charge on any atom is -0.382 e. The summed E-state index contributed by atoms with van der Waals surface area (Å²) < 4.78 is 60.8. The zero-order valence-corrected chi connectivity index (χ0v) is 18.7. The second-order valence-electron chi connectivity index (χ2n) is 8.62. The smallest absolute Gasteiger partial charge is 0.382 e. The Morgan fingerprint density at radius 1 is 1.00 bits per heavy atom. The fourth-order valence-electron chi connectivity index (χ4n) is 4.30. The van der Waals surface area contributed by atoms with Gasteiger partial charge in [0.05, 0.1) is 4.90 Å². The molecular formula is C21H30F3N3O3S. The van der Waals surface area contributed by atoms with Crippen molar-refractivity contribution in [2.75, 3.05) is 31.5 Å². The molecule has 2 fully saturated rings. The lowest BCUT2D eigenvalue weighted by atomic mass is 9.85. The van der Waals surface area contributed by atoms with Crippen LogP contribution in [0.25, 0.3) is 0 Å². The zero-order chi connectivity index (χ0) is 22.8. The molecule has 2 aliphatic rings. The van der Waals surface area contributed by atoms with E-state index in [0.29, 0.717) is 11.7 Å². The molecule has 1 aromatic carbocycles. The highest BCUT2D eigenvalue weighted by Gasteiger charge is 2.46. The molecule has 3 rings (SSSR count). The minimum atomic E-state index is -5.34. The van der Waals surface area contributed by atoms with Crippen molar-refractivity contribution < 1.29 is 26.4 Å². The number of nitrogens with one attached hydrogen (secondary N) is 1. The van der Waals surface area contributed by atoms with Gasteiger partial charge in [-0.25, -0.2) is 8.42 Å². The monoisotopic (exact) mass is 461 g/mol. The Morgan fingerprint density at radius 2 is 1.55 bits per heavy atom. The Balaban J connectivity index is 1.49. The molecule has 0 unspecified atom stereocenters. The highest BCUT2D eigenvalue weighted by atomic mass is 32.2. The maximum Gasteiger partial charge on any atom is 0.501 e. The number of piperazine rings is 1. The Bertz CT molecular complexity index is 856. The Labute approximate surface area is 181 Å². The van der Waals surface area contributed by atoms with E-state index in [2.05, 4.69) is 24.1 Å². The average Bonchev–Trinajstić information content (AvgIpc) is 2.73. The average molecular weight is 462 g/mol. The second kappa shape index (κ2) is 9.36. The van der Waals surface area contributed by atoms with Crippen molar-refractivity contribution in [3.63, 3.8) is 0 Å². The van der Waals surface area contributed by atoms with Gasteiger partial charge in [0.25, 0.3) is 9.84 Å². The van der Waals surface area contributed by atoms with Crippen LogP contribution in [0.4, 0.5) is 18.9 Å². The number of hydrogen-bond acceptors (Lipinski definition) is 5. The van der Waals surface area contributed by atoms with E-state index < -0.39 is 20.2 Å². The molecule has 1 N–H and O–H groups in total. The number of carbonyl (C=O) groups is 1. The molecule has 1 aliphatic heterocycles. The number of hydrogen-bond donors (Lipinski definition) is 1. The van der Waals surface area contributed by atoms with E-state index >= 15 is 0 Å². The summed E-state index contributed by atoms with van der Waals surface area (Å²) in [6, 6.07) is 5.23. The topological polar surface area (TPSA) is 69.7 Å². The van der Waals surface area contributed by atoms with E-state index in [0.717, 1.165) is 64.0 Å². The summed E-state index contributed by atoms with van der Waals surface area (Å²) in [6.07, 6.45) is 3.10. The molecule has 0 aromatic heterocycles. The van der Waals surface area contributed by atoms with E-state index in [1.807, 2.05) is 4.90 Å². The lowest BCUT2D eigenvalue weighted by Crippen LogP contribution is -2.52. The number of anilines is 1. The fourth-order valence-corrected chi connectivity index (χ4v) is 5.06. The molecular weight excluding hydrogens is 431 g/mol. The predicted octanol–water partition coefficient (Wildman–Crippen LogP) is 3.50. The number of alkyl halides is 3. The number of carbonyl (C=O) groups excluding carboxylic acids is 1. The third-order valence-electron chi connectivity index (χ3n) is 6.27. The standard InChI is InChI=1S/C21H30F3N3O3S/c1-15(2)26-11-13-27(14-12-26)20(28)16-3-5-17(6-4-16)25-18-7-9-19(10-8-18)31(29,30)21(22,23)24/h7-10,15-17,25H,3-6,11-14H2,1-2H3/t16-,17-. The summed E-state index contributed by atoms with van der Waals surface area (Å²) in [5.74, 6) is 0.242. The summed E-state index contributed by atoms with van der Waals surface area (Å²) in [5.41, 5.74) is -4.74. The molecule has 1 saturated heterocycles. The molecule has 0 atom stereocenters. The third kappa shape index (κ3) is 5.52. The first kappa shape index (κ1) is 23.8. The molecule has 0 radical (unpaired) electrons. The second-order valence-corrected chi connectivity index (χ2v) is 10.6. The highest BCUT2D eigenvalue weighted by molar-refractivity contribution is 7.92. The van der Waals surface area contributed by atoms with Crippen molar-refractivity contribution >= 4 is 21.4 Å². The van der Waals surface area contributed by atoms with E-state index in [1.165, 1.54) is 12.1 Å². The van der Waals surface area contributed by atoms with Crippen LogP contribution >= 0.6 is 0 Å². The van der Waals surface area contributed by atoms with Gasteiger partial charge in [-0.15, -0.1) is 0 Å². The summed E-state index contributed by atoms with van der Waals surface area (Å²) in [6.45, 7) is 7.66. The van der Waals surface area contributed by atoms with Gasteiger partial charge in [0, 0.05) is 49.9 Å². The molecule has 0 spiro atoms. The number of rotatable bonds is 5. The highest BCUT2D eigenvalue weighted by Crippen LogP contribution is 2.32. The van der Waals surface area contributed by atoms with Crippen LogP contribution in [0.5, 0.6) is 0 Å². The van der Waals surface area contributed by atoms with Crippen LogP contribution < -0.4 is 5.32 Å². The molecule has 10 heteroatoms. The van der Waals surface area contributed by atoms with Crippen molar-refractivity contribution in [3.05, 3.63) is 24.3 Å². The largest absolute Gasteiger partial charge is 0.501 e. The van der Waals surface area contributed by atoms with Gasteiger partial charge in [-0.2, -0.15) is 13.2 Å². The van der Waals surface area contributed by atoms with E-state index in [4.69, 9.17) is 0 Å². The lowest BCUT2D eigenvalue weighted by molar-refractivity contribution is -0.138. The van der Waals surface area contributed by atoms with Gasteiger partial charge in [0.1, 0.15) is 0 Å². The van der Waals surface area contributed by atoms with Crippen molar-refractivity contribution in [1.82, 2.24) is 9.80 Å². The van der Waals surface area contributed by atoms with Crippen molar-refractivity contribution in [2.24, 2.45) is 5.92 Å². The lowest BCUT2D eigenvalue weighted by Gasteiger charge is -2.39. The number of amides is 1. The van der Waals surface area contributed by atoms with Gasteiger partial charge in [0.15, 0.2) is 0 Å². The summed E-state index contributed by atoms with van der Waals surface area (Å²) in [7, 11) is -5.34. The van der Waals surface area contributed by atoms with Crippen LogP contribution in [0.3, 0.4) is 0 Å². The first-order valence-electron chi connectivity index (χ1n) is 10.7. The third-order valence-corrected chi connectivity index (χ3v) is 7.77. The Kier molecular flexibility index (Phi) is 7.20. The van der Waals surface area contributed by atoms with Crippen LogP contribution in [0.15, 0.2) is 29.2 Å². The van der Waals surface area contributed by atoms with Gasteiger partial charge < -0.3 is 10.2 Å². The molecule has 1 heterocycles. The van der Waals surface area contributed by atoms with Crippen LogP contribution in [-0.4, -0.2) is 67.9 Å². The first-order valence-corrected chi connectivity index (χ1v) is 12.2. The normalized spacial score (nSPS) is 23.7. The minimum absolute atomic E-state index is 0.0166. The van der Waals surface area contributed by atoms with E-state index in [-0.39, 0.29) is 17.9 Å². The number of sulfone groups is 1. The van der Waals surface area contributed by atoms with Gasteiger partial charge in [-0.3, -0.25) is 9.69 Å². The quantitative estimate of drug-likeness (QED) is 0.727. The van der Waals surface area contributed by atoms with Crippen molar-refractivity contribution in [3.8, 4) is 0 Å². The molecule has 1 aliphatic carbocycles. The van der Waals surface area contributed by atoms with E-state index in [9.17, 15) is 26.4 Å². The molecule has 6 nitrogen and oxygen atoms in total. The number of halogens is 3. The van der Waals surface area contributed by atoms with Crippen LogP contribution in [0, 0.1) is 5.92 Å². The van der Waals surface area contributed by atoms with Gasteiger partial charge >= 0.3 is 5.51 Å². The van der Waals surface area contributed by atoms with Gasteiger partial charge in [-0.05, 0) is 63.8 Å². The predicted molar refractivity (Wildman–Crippen MR) is 112 cm³/mol. The van der Waals surface area contributed by atoms with Crippen molar-refractivity contribution in [2.45, 2.75) is 62.0 Å². The van der Waals surface area contributed by atoms with Crippen LogP contribution in [0.2, 0.25) is 0 Å². The Hall–Kier alpha value is -1.81. The number of nitrogens with zero attached hydrogens (tertiary/aromatic N) is 2. The first-order chi connectivity index (χ1) is 14.5.